The third-order valence-corrected chi connectivity index (χ3v) is 8.51. The highest BCUT2D eigenvalue weighted by molar-refractivity contribution is 5.95. The van der Waals surface area contributed by atoms with Crippen LogP contribution in [0.3, 0.4) is 0 Å². The number of rotatable bonds is 8. The predicted octanol–water partition coefficient (Wildman–Crippen LogP) is 5.47. The Labute approximate surface area is 251 Å². The molecule has 3 aliphatic rings. The van der Waals surface area contributed by atoms with E-state index < -0.39 is 11.7 Å². The quantitative estimate of drug-likeness (QED) is 0.360. The summed E-state index contributed by atoms with van der Waals surface area (Å²) in [5.41, 5.74) is 3.32. The predicted molar refractivity (Wildman–Crippen MR) is 160 cm³/mol. The van der Waals surface area contributed by atoms with Gasteiger partial charge >= 0.3 is 0 Å². The van der Waals surface area contributed by atoms with Crippen molar-refractivity contribution in [1.29, 1.82) is 0 Å². The van der Waals surface area contributed by atoms with E-state index in [2.05, 4.69) is 34.7 Å². The number of carbonyl (C=O) groups excluding carboxylic acids is 2. The molecule has 1 aromatic heterocycles. The Morgan fingerprint density at radius 1 is 1.14 bits per heavy atom. The topological polar surface area (TPSA) is 96.5 Å². The van der Waals surface area contributed by atoms with E-state index in [4.69, 9.17) is 4.74 Å². The van der Waals surface area contributed by atoms with Gasteiger partial charge in [-0.3, -0.25) is 9.59 Å². The molecule has 10 heteroatoms. The number of aromatic nitrogens is 2. The van der Waals surface area contributed by atoms with Gasteiger partial charge in [0, 0.05) is 49.8 Å². The summed E-state index contributed by atoms with van der Waals surface area (Å²) in [6, 6.07) is 14.2. The molecule has 42 heavy (non-hydrogen) atoms. The molecule has 0 bridgehead atoms. The fourth-order valence-electron chi connectivity index (χ4n) is 6.06. The number of likely N-dealkylation sites (tertiary alicyclic amines) is 1. The fourth-order valence-corrected chi connectivity index (χ4v) is 6.06. The second-order valence-corrected chi connectivity index (χ2v) is 12.3. The van der Waals surface area contributed by atoms with Crippen LogP contribution in [0.25, 0.3) is 11.3 Å². The molecule has 1 spiro atoms. The molecule has 2 aliphatic heterocycles. The van der Waals surface area contributed by atoms with Gasteiger partial charge in [-0.25, -0.2) is 4.39 Å². The molecule has 8 nitrogen and oxygen atoms in total. The van der Waals surface area contributed by atoms with Crippen molar-refractivity contribution < 1.29 is 18.7 Å². The zero-order valence-corrected chi connectivity index (χ0v) is 25.0. The molecule has 1 saturated carbocycles. The van der Waals surface area contributed by atoms with Gasteiger partial charge in [-0.1, -0.05) is 20.8 Å². The standard InChI is InChI=1S/C32H36FN5O3.ClH/c1-19(2)27-8-9-28(37-36-27)21-4-6-24(7-5-21)41-29-12-25(31(40)35-23-13-32(14-23)17-34-18-32)26(33)11-22(29)16-38-15-20(3)10-30(38)39;/h4-9,11-12,19-20,23,34H,10,13-18H2,1-3H3,(H,35,40);1H. The second-order valence-electron chi connectivity index (χ2n) is 12.3. The number of benzene rings is 2. The number of nitrogens with one attached hydrogen (secondary N) is 2. The SMILES string of the molecule is CC1CC(=O)N(Cc2cc(F)c(C(=O)NC3CC4(CNC4)C3)cc2Oc2ccc(-c3ccc(C(C)C)nn3)cc2)C1.Cl. The van der Waals surface area contributed by atoms with Gasteiger partial charge in [-0.15, -0.1) is 12.4 Å². The molecular formula is C32H37ClFN5O3. The molecule has 3 heterocycles. The first-order valence-corrected chi connectivity index (χ1v) is 14.4. The molecule has 3 fully saturated rings. The number of nitrogens with zero attached hydrogens (tertiary/aromatic N) is 3. The van der Waals surface area contributed by atoms with Crippen LogP contribution in [0.4, 0.5) is 4.39 Å². The van der Waals surface area contributed by atoms with Gasteiger partial charge in [0.15, 0.2) is 0 Å². The molecule has 2 amide bonds. The zero-order chi connectivity index (χ0) is 28.7. The number of amides is 2. The van der Waals surface area contributed by atoms with Crippen LogP contribution >= 0.6 is 12.4 Å². The monoisotopic (exact) mass is 593 g/mol. The molecule has 222 valence electrons. The Balaban J connectivity index is 0.00000353. The van der Waals surface area contributed by atoms with E-state index in [0.29, 0.717) is 41.4 Å². The molecule has 6 rings (SSSR count). The maximum absolute atomic E-state index is 15.3. The molecule has 1 unspecified atom stereocenters. The Morgan fingerprint density at radius 2 is 1.88 bits per heavy atom. The summed E-state index contributed by atoms with van der Waals surface area (Å²) in [6.45, 7) is 8.94. The van der Waals surface area contributed by atoms with Crippen molar-refractivity contribution >= 4 is 24.2 Å². The summed E-state index contributed by atoms with van der Waals surface area (Å²) in [6.07, 6.45) is 2.28. The highest BCUT2D eigenvalue weighted by atomic mass is 35.5. The van der Waals surface area contributed by atoms with Crippen molar-refractivity contribution in [2.24, 2.45) is 11.3 Å². The highest BCUT2D eigenvalue weighted by Gasteiger charge is 2.48. The van der Waals surface area contributed by atoms with Crippen LogP contribution in [0.5, 0.6) is 11.5 Å². The van der Waals surface area contributed by atoms with E-state index in [1.807, 2.05) is 43.3 Å². The summed E-state index contributed by atoms with van der Waals surface area (Å²) in [5.74, 6) is 0.380. The minimum Gasteiger partial charge on any atom is -0.457 e. The van der Waals surface area contributed by atoms with Gasteiger partial charge in [0.1, 0.15) is 17.3 Å². The lowest BCUT2D eigenvalue weighted by atomic mass is 9.61. The Hall–Kier alpha value is -3.56. The summed E-state index contributed by atoms with van der Waals surface area (Å²) in [4.78, 5) is 27.3. The van der Waals surface area contributed by atoms with E-state index in [9.17, 15) is 9.59 Å². The van der Waals surface area contributed by atoms with Crippen molar-refractivity contribution in [2.45, 2.75) is 58.5 Å². The van der Waals surface area contributed by atoms with Crippen molar-refractivity contribution in [1.82, 2.24) is 25.7 Å². The van der Waals surface area contributed by atoms with E-state index in [-0.39, 0.29) is 42.4 Å². The number of halogens is 2. The zero-order valence-electron chi connectivity index (χ0n) is 24.2. The largest absolute Gasteiger partial charge is 0.457 e. The van der Waals surface area contributed by atoms with Gasteiger partial charge in [0.05, 0.1) is 17.0 Å². The number of hydrogen-bond donors (Lipinski definition) is 2. The number of carbonyl (C=O) groups is 2. The Bertz CT molecular complexity index is 1450. The number of ether oxygens (including phenoxy) is 1. The first-order chi connectivity index (χ1) is 19.7. The summed E-state index contributed by atoms with van der Waals surface area (Å²) in [5, 5.41) is 14.9. The van der Waals surface area contributed by atoms with E-state index in [0.717, 1.165) is 42.9 Å². The lowest BCUT2D eigenvalue weighted by molar-refractivity contribution is -0.128. The normalized spacial score (nSPS) is 19.3. The van der Waals surface area contributed by atoms with Crippen molar-refractivity contribution in [3.63, 3.8) is 0 Å². The third-order valence-electron chi connectivity index (χ3n) is 8.51. The molecule has 1 aliphatic carbocycles. The van der Waals surface area contributed by atoms with Crippen LogP contribution in [0, 0.1) is 17.2 Å². The van der Waals surface area contributed by atoms with Crippen molar-refractivity contribution in [3.8, 4) is 22.8 Å². The fraction of sp³-hybridized carbons (Fsp3) is 0.438. The molecule has 2 saturated heterocycles. The minimum atomic E-state index is -0.623. The smallest absolute Gasteiger partial charge is 0.254 e. The second kappa shape index (κ2) is 12.0. The average molecular weight is 594 g/mol. The van der Waals surface area contributed by atoms with E-state index in [1.54, 1.807) is 4.90 Å². The number of hydrogen-bond acceptors (Lipinski definition) is 6. The first kappa shape index (κ1) is 29.9. The Morgan fingerprint density at radius 3 is 2.45 bits per heavy atom. The van der Waals surface area contributed by atoms with E-state index >= 15 is 4.39 Å². The molecule has 2 aromatic carbocycles. The maximum Gasteiger partial charge on any atom is 0.254 e. The summed E-state index contributed by atoms with van der Waals surface area (Å²) in [7, 11) is 0. The van der Waals surface area contributed by atoms with Crippen LogP contribution < -0.4 is 15.4 Å². The Kier molecular flexibility index (Phi) is 8.53. The lowest BCUT2D eigenvalue weighted by Crippen LogP contribution is -2.65. The molecule has 3 aromatic rings. The van der Waals surface area contributed by atoms with Gasteiger partial charge in [-0.05, 0) is 78.6 Å². The molecule has 0 radical (unpaired) electrons. The van der Waals surface area contributed by atoms with Crippen LogP contribution in [-0.2, 0) is 11.3 Å². The lowest BCUT2D eigenvalue weighted by Gasteiger charge is -2.54. The maximum atomic E-state index is 15.3. The minimum absolute atomic E-state index is 0. The van der Waals surface area contributed by atoms with Crippen molar-refractivity contribution in [3.05, 3.63) is 71.2 Å². The van der Waals surface area contributed by atoms with E-state index in [1.165, 1.54) is 12.1 Å². The third kappa shape index (κ3) is 6.13. The first-order valence-electron chi connectivity index (χ1n) is 14.4. The highest BCUT2D eigenvalue weighted by Crippen LogP contribution is 2.44. The molecule has 1 atom stereocenters. The van der Waals surface area contributed by atoms with Gasteiger partial charge in [-0.2, -0.15) is 10.2 Å². The summed E-state index contributed by atoms with van der Waals surface area (Å²) < 4.78 is 21.6. The van der Waals surface area contributed by atoms with Crippen LogP contribution in [-0.4, -0.2) is 52.6 Å². The summed E-state index contributed by atoms with van der Waals surface area (Å²) >= 11 is 0. The van der Waals surface area contributed by atoms with Crippen LogP contribution in [0.2, 0.25) is 0 Å². The molecular weight excluding hydrogens is 557 g/mol. The average Bonchev–Trinajstić information content (AvgIpc) is 3.22. The van der Waals surface area contributed by atoms with Gasteiger partial charge < -0.3 is 20.3 Å². The van der Waals surface area contributed by atoms with Gasteiger partial charge in [0.2, 0.25) is 5.91 Å². The van der Waals surface area contributed by atoms with Crippen molar-refractivity contribution in [2.75, 3.05) is 19.6 Å². The van der Waals surface area contributed by atoms with Crippen LogP contribution in [0.15, 0.2) is 48.5 Å². The van der Waals surface area contributed by atoms with Gasteiger partial charge in [0.25, 0.3) is 5.91 Å². The molecule has 2 N–H and O–H groups in total. The van der Waals surface area contributed by atoms with Crippen LogP contribution in [0.1, 0.15) is 67.6 Å².